The van der Waals surface area contributed by atoms with Gasteiger partial charge in [0.15, 0.2) is 0 Å². The fourth-order valence-corrected chi connectivity index (χ4v) is 2.95. The maximum atomic E-state index is 12.2. The second-order valence-electron chi connectivity index (χ2n) is 6.25. The maximum Gasteiger partial charge on any atom is 0.251 e. The number of nitrogens with one attached hydrogen (secondary N) is 1. The van der Waals surface area contributed by atoms with Crippen LogP contribution in [0, 0.1) is 0 Å². The highest BCUT2D eigenvalue weighted by molar-refractivity contribution is 5.94. The molecular weight excluding hydrogens is 300 g/mol. The third-order valence-corrected chi connectivity index (χ3v) is 4.25. The molecule has 2 aromatic rings. The number of carbonyl (C=O) groups is 1. The number of amides is 1. The molecule has 0 saturated heterocycles. The highest BCUT2D eigenvalue weighted by Crippen LogP contribution is 2.25. The first-order valence-electron chi connectivity index (χ1n) is 8.49. The Hall–Kier alpha value is -2.33. The van der Waals surface area contributed by atoms with Crippen LogP contribution >= 0.6 is 0 Å². The van der Waals surface area contributed by atoms with E-state index >= 15 is 0 Å². The van der Waals surface area contributed by atoms with Crippen LogP contribution in [-0.2, 0) is 13.0 Å². The summed E-state index contributed by atoms with van der Waals surface area (Å²) in [6.07, 6.45) is 1.82. The largest absolute Gasteiger partial charge is 0.493 e. The summed E-state index contributed by atoms with van der Waals surface area (Å²) in [5, 5.41) is 3.00. The van der Waals surface area contributed by atoms with Gasteiger partial charge in [-0.05, 0) is 49.3 Å². The SMILES string of the molecule is CN(CCCNC(=O)c1ccc2c(c1)CCO2)Cc1ccccc1. The van der Waals surface area contributed by atoms with Crippen LogP contribution in [0.1, 0.15) is 27.9 Å². The van der Waals surface area contributed by atoms with Crippen molar-refractivity contribution in [3.8, 4) is 5.75 Å². The second-order valence-corrected chi connectivity index (χ2v) is 6.25. The summed E-state index contributed by atoms with van der Waals surface area (Å²) >= 11 is 0. The van der Waals surface area contributed by atoms with Gasteiger partial charge in [-0.25, -0.2) is 0 Å². The summed E-state index contributed by atoms with van der Waals surface area (Å²) in [5.41, 5.74) is 3.16. The minimum absolute atomic E-state index is 0.00425. The number of hydrogen-bond donors (Lipinski definition) is 1. The van der Waals surface area contributed by atoms with Gasteiger partial charge in [0.1, 0.15) is 5.75 Å². The van der Waals surface area contributed by atoms with Crippen LogP contribution in [0.5, 0.6) is 5.75 Å². The molecule has 0 bridgehead atoms. The zero-order valence-corrected chi connectivity index (χ0v) is 14.1. The minimum atomic E-state index is -0.00425. The summed E-state index contributed by atoms with van der Waals surface area (Å²) in [5.74, 6) is 0.907. The predicted molar refractivity (Wildman–Crippen MR) is 95.4 cm³/mol. The van der Waals surface area contributed by atoms with Crippen molar-refractivity contribution in [2.45, 2.75) is 19.4 Å². The predicted octanol–water partition coefficient (Wildman–Crippen LogP) is 2.87. The number of rotatable bonds is 7. The molecule has 0 aliphatic carbocycles. The standard InChI is InChI=1S/C20H24N2O2/c1-22(15-16-6-3-2-4-7-16)12-5-11-21-20(23)18-8-9-19-17(14-18)10-13-24-19/h2-4,6-9,14H,5,10-13,15H2,1H3,(H,21,23). The Labute approximate surface area is 143 Å². The van der Waals surface area contributed by atoms with Gasteiger partial charge in [-0.1, -0.05) is 30.3 Å². The van der Waals surface area contributed by atoms with Crippen molar-refractivity contribution in [3.63, 3.8) is 0 Å². The quantitative estimate of drug-likeness (QED) is 0.796. The fraction of sp³-hybridized carbons (Fsp3) is 0.350. The molecule has 0 saturated carbocycles. The van der Waals surface area contributed by atoms with E-state index in [9.17, 15) is 4.79 Å². The lowest BCUT2D eigenvalue weighted by Gasteiger charge is -2.16. The topological polar surface area (TPSA) is 41.6 Å². The summed E-state index contributed by atoms with van der Waals surface area (Å²) < 4.78 is 5.47. The van der Waals surface area contributed by atoms with E-state index in [1.807, 2.05) is 24.3 Å². The normalized spacial score (nSPS) is 12.8. The molecule has 24 heavy (non-hydrogen) atoms. The molecule has 0 aromatic heterocycles. The molecule has 3 rings (SSSR count). The Morgan fingerprint density at radius 2 is 2.04 bits per heavy atom. The van der Waals surface area contributed by atoms with Gasteiger partial charge in [-0.2, -0.15) is 0 Å². The van der Waals surface area contributed by atoms with Crippen molar-refractivity contribution < 1.29 is 9.53 Å². The Bertz CT molecular complexity index is 685. The lowest BCUT2D eigenvalue weighted by atomic mass is 10.1. The van der Waals surface area contributed by atoms with Crippen molar-refractivity contribution >= 4 is 5.91 Å². The summed E-state index contributed by atoms with van der Waals surface area (Å²) in [6, 6.07) is 16.1. The Balaban J connectivity index is 1.39. The van der Waals surface area contributed by atoms with Gasteiger partial charge in [-0.15, -0.1) is 0 Å². The minimum Gasteiger partial charge on any atom is -0.493 e. The lowest BCUT2D eigenvalue weighted by molar-refractivity contribution is 0.0952. The maximum absolute atomic E-state index is 12.2. The summed E-state index contributed by atoms with van der Waals surface area (Å²) in [6.45, 7) is 3.28. The first-order chi connectivity index (χ1) is 11.7. The van der Waals surface area contributed by atoms with Gasteiger partial charge in [0.2, 0.25) is 0 Å². The molecule has 2 aromatic carbocycles. The smallest absolute Gasteiger partial charge is 0.251 e. The van der Waals surface area contributed by atoms with Crippen LogP contribution in [0.2, 0.25) is 0 Å². The van der Waals surface area contributed by atoms with Crippen molar-refractivity contribution in [2.75, 3.05) is 26.7 Å². The summed E-state index contributed by atoms with van der Waals surface area (Å²) in [7, 11) is 2.11. The van der Waals surface area contributed by atoms with Crippen LogP contribution in [0.25, 0.3) is 0 Å². The molecule has 1 heterocycles. The van der Waals surface area contributed by atoms with E-state index in [-0.39, 0.29) is 5.91 Å². The molecule has 1 N–H and O–H groups in total. The third-order valence-electron chi connectivity index (χ3n) is 4.25. The van der Waals surface area contributed by atoms with E-state index in [2.05, 4.69) is 41.5 Å². The zero-order chi connectivity index (χ0) is 16.8. The third kappa shape index (κ3) is 4.36. The molecule has 0 spiro atoms. The molecule has 4 heteroatoms. The number of carbonyl (C=O) groups excluding carboxylic acids is 1. The summed E-state index contributed by atoms with van der Waals surface area (Å²) in [4.78, 5) is 14.5. The monoisotopic (exact) mass is 324 g/mol. The van der Waals surface area contributed by atoms with Crippen LogP contribution in [0.4, 0.5) is 0 Å². The highest BCUT2D eigenvalue weighted by atomic mass is 16.5. The van der Waals surface area contributed by atoms with E-state index in [1.54, 1.807) is 0 Å². The van der Waals surface area contributed by atoms with Gasteiger partial charge >= 0.3 is 0 Å². The molecule has 0 radical (unpaired) electrons. The van der Waals surface area contributed by atoms with Crippen molar-refractivity contribution in [1.82, 2.24) is 10.2 Å². The average molecular weight is 324 g/mol. The Morgan fingerprint density at radius 3 is 2.88 bits per heavy atom. The van der Waals surface area contributed by atoms with E-state index in [0.717, 1.165) is 42.8 Å². The van der Waals surface area contributed by atoms with Gasteiger partial charge in [0.25, 0.3) is 5.91 Å². The van der Waals surface area contributed by atoms with Crippen LogP contribution in [0.3, 0.4) is 0 Å². The number of fused-ring (bicyclic) bond motifs is 1. The van der Waals surface area contributed by atoms with Crippen molar-refractivity contribution in [3.05, 3.63) is 65.2 Å². The molecule has 1 aliphatic heterocycles. The molecule has 1 amide bonds. The van der Waals surface area contributed by atoms with E-state index in [4.69, 9.17) is 4.74 Å². The van der Waals surface area contributed by atoms with Crippen molar-refractivity contribution in [2.24, 2.45) is 0 Å². The zero-order valence-electron chi connectivity index (χ0n) is 14.1. The molecule has 4 nitrogen and oxygen atoms in total. The van der Waals surface area contributed by atoms with Crippen LogP contribution < -0.4 is 10.1 Å². The van der Waals surface area contributed by atoms with Gasteiger partial charge in [0, 0.05) is 25.1 Å². The molecular formula is C20H24N2O2. The van der Waals surface area contributed by atoms with E-state index in [0.29, 0.717) is 13.2 Å². The molecule has 0 fully saturated rings. The van der Waals surface area contributed by atoms with Gasteiger partial charge in [0.05, 0.1) is 6.61 Å². The number of benzene rings is 2. The molecule has 0 atom stereocenters. The lowest BCUT2D eigenvalue weighted by Crippen LogP contribution is -2.28. The molecule has 0 unspecified atom stereocenters. The second kappa shape index (κ2) is 7.97. The first-order valence-corrected chi connectivity index (χ1v) is 8.49. The van der Waals surface area contributed by atoms with Gasteiger partial charge in [-0.3, -0.25) is 4.79 Å². The van der Waals surface area contributed by atoms with Crippen molar-refractivity contribution in [1.29, 1.82) is 0 Å². The molecule has 126 valence electrons. The first kappa shape index (κ1) is 16.5. The Morgan fingerprint density at radius 1 is 1.21 bits per heavy atom. The van der Waals surface area contributed by atoms with Crippen LogP contribution in [0.15, 0.2) is 48.5 Å². The number of nitrogens with zero attached hydrogens (tertiary/aromatic N) is 1. The van der Waals surface area contributed by atoms with E-state index < -0.39 is 0 Å². The van der Waals surface area contributed by atoms with Gasteiger partial charge < -0.3 is 15.0 Å². The number of hydrogen-bond acceptors (Lipinski definition) is 3. The highest BCUT2D eigenvalue weighted by Gasteiger charge is 2.14. The fourth-order valence-electron chi connectivity index (χ4n) is 2.95. The number of ether oxygens (including phenoxy) is 1. The average Bonchev–Trinajstić information content (AvgIpc) is 3.07. The molecule has 1 aliphatic rings. The van der Waals surface area contributed by atoms with Crippen LogP contribution in [-0.4, -0.2) is 37.6 Å². The van der Waals surface area contributed by atoms with E-state index in [1.165, 1.54) is 5.56 Å². The Kier molecular flexibility index (Phi) is 5.49.